The largest absolute Gasteiger partial charge is 0.392 e. The molecule has 0 atom stereocenters. The number of rotatable bonds is 4. The molecule has 0 saturated carbocycles. The molecule has 1 aromatic heterocycles. The van der Waals surface area contributed by atoms with Crippen molar-refractivity contribution < 1.29 is 9.90 Å². The number of carbonyl (C=O) groups is 1. The molecular weight excluding hydrogens is 308 g/mol. The SMILES string of the molecule is O=C(NCc1ccccc1CO)c1ncccc1Br. The molecule has 19 heavy (non-hydrogen) atoms. The standard InChI is InChI=1S/C14H13BrN2O2/c15-12-6-3-7-16-13(12)14(19)17-8-10-4-1-2-5-11(10)9-18/h1-7,18H,8-9H2,(H,17,19). The Bertz CT molecular complexity index is 587. The molecule has 2 aromatic rings. The van der Waals surface area contributed by atoms with Crippen molar-refractivity contribution in [2.45, 2.75) is 13.2 Å². The van der Waals surface area contributed by atoms with Crippen molar-refractivity contribution in [1.82, 2.24) is 10.3 Å². The van der Waals surface area contributed by atoms with Crippen LogP contribution in [0.5, 0.6) is 0 Å². The predicted molar refractivity (Wildman–Crippen MR) is 75.5 cm³/mol. The quantitative estimate of drug-likeness (QED) is 0.908. The number of nitrogens with one attached hydrogen (secondary N) is 1. The lowest BCUT2D eigenvalue weighted by molar-refractivity contribution is 0.0944. The van der Waals surface area contributed by atoms with E-state index in [2.05, 4.69) is 26.2 Å². The van der Waals surface area contributed by atoms with E-state index in [4.69, 9.17) is 0 Å². The van der Waals surface area contributed by atoms with E-state index in [-0.39, 0.29) is 12.5 Å². The van der Waals surface area contributed by atoms with Crippen LogP contribution in [0.4, 0.5) is 0 Å². The molecule has 0 aliphatic heterocycles. The molecule has 2 rings (SSSR count). The molecule has 4 nitrogen and oxygen atoms in total. The number of aliphatic hydroxyl groups is 1. The van der Waals surface area contributed by atoms with E-state index in [9.17, 15) is 9.90 Å². The zero-order valence-electron chi connectivity index (χ0n) is 10.1. The Morgan fingerprint density at radius 2 is 1.95 bits per heavy atom. The number of halogens is 1. The Balaban J connectivity index is 2.07. The van der Waals surface area contributed by atoms with Crippen LogP contribution >= 0.6 is 15.9 Å². The topological polar surface area (TPSA) is 62.2 Å². The number of benzene rings is 1. The van der Waals surface area contributed by atoms with Gasteiger partial charge in [-0.25, -0.2) is 4.98 Å². The summed E-state index contributed by atoms with van der Waals surface area (Å²) >= 11 is 3.29. The van der Waals surface area contributed by atoms with Crippen LogP contribution in [0.2, 0.25) is 0 Å². The van der Waals surface area contributed by atoms with Crippen molar-refractivity contribution in [1.29, 1.82) is 0 Å². The highest BCUT2D eigenvalue weighted by Gasteiger charge is 2.11. The summed E-state index contributed by atoms with van der Waals surface area (Å²) in [6.45, 7) is 0.317. The average Bonchev–Trinajstić information content (AvgIpc) is 2.45. The first-order chi connectivity index (χ1) is 9.22. The molecule has 0 radical (unpaired) electrons. The minimum absolute atomic E-state index is 0.0423. The lowest BCUT2D eigenvalue weighted by Crippen LogP contribution is -2.24. The van der Waals surface area contributed by atoms with Gasteiger partial charge in [-0.2, -0.15) is 0 Å². The minimum atomic E-state index is -0.250. The van der Waals surface area contributed by atoms with Gasteiger partial charge in [0.2, 0.25) is 0 Å². The van der Waals surface area contributed by atoms with Crippen molar-refractivity contribution in [3.05, 3.63) is 63.9 Å². The van der Waals surface area contributed by atoms with Crippen molar-refractivity contribution in [3.8, 4) is 0 Å². The van der Waals surface area contributed by atoms with E-state index in [1.807, 2.05) is 24.3 Å². The molecule has 0 spiro atoms. The van der Waals surface area contributed by atoms with Gasteiger partial charge in [0.1, 0.15) is 5.69 Å². The fourth-order valence-corrected chi connectivity index (χ4v) is 2.13. The molecular formula is C14H13BrN2O2. The highest BCUT2D eigenvalue weighted by atomic mass is 79.9. The van der Waals surface area contributed by atoms with Crippen LogP contribution in [-0.2, 0) is 13.2 Å². The average molecular weight is 321 g/mol. The molecule has 0 aliphatic rings. The normalized spacial score (nSPS) is 10.2. The molecule has 1 heterocycles. The summed E-state index contributed by atoms with van der Waals surface area (Å²) in [6.07, 6.45) is 1.57. The Hall–Kier alpha value is -1.72. The van der Waals surface area contributed by atoms with E-state index in [1.165, 1.54) is 0 Å². The summed E-state index contributed by atoms with van der Waals surface area (Å²) < 4.78 is 0.656. The second-order valence-electron chi connectivity index (χ2n) is 3.94. The van der Waals surface area contributed by atoms with Gasteiger partial charge >= 0.3 is 0 Å². The smallest absolute Gasteiger partial charge is 0.271 e. The summed E-state index contributed by atoms with van der Waals surface area (Å²) in [5, 5.41) is 12.0. The molecule has 1 amide bonds. The Morgan fingerprint density at radius 3 is 2.63 bits per heavy atom. The molecule has 0 aliphatic carbocycles. The lowest BCUT2D eigenvalue weighted by Gasteiger charge is -2.09. The Labute approximate surface area is 119 Å². The highest BCUT2D eigenvalue weighted by Crippen LogP contribution is 2.13. The van der Waals surface area contributed by atoms with Crippen molar-refractivity contribution in [3.63, 3.8) is 0 Å². The number of aliphatic hydroxyl groups excluding tert-OH is 1. The van der Waals surface area contributed by atoms with Crippen molar-refractivity contribution >= 4 is 21.8 Å². The third-order valence-electron chi connectivity index (χ3n) is 2.70. The first-order valence-electron chi connectivity index (χ1n) is 5.78. The zero-order valence-corrected chi connectivity index (χ0v) is 11.7. The molecule has 1 aromatic carbocycles. The minimum Gasteiger partial charge on any atom is -0.392 e. The highest BCUT2D eigenvalue weighted by molar-refractivity contribution is 9.10. The van der Waals surface area contributed by atoms with Crippen LogP contribution in [0.15, 0.2) is 47.1 Å². The Morgan fingerprint density at radius 1 is 1.21 bits per heavy atom. The van der Waals surface area contributed by atoms with Crippen molar-refractivity contribution in [2.24, 2.45) is 0 Å². The van der Waals surface area contributed by atoms with E-state index >= 15 is 0 Å². The number of hydrogen-bond acceptors (Lipinski definition) is 3. The molecule has 0 unspecified atom stereocenters. The number of amides is 1. The van der Waals surface area contributed by atoms with E-state index in [1.54, 1.807) is 18.3 Å². The maximum absolute atomic E-state index is 12.0. The van der Waals surface area contributed by atoms with Gasteiger partial charge in [0.25, 0.3) is 5.91 Å². The molecule has 2 N–H and O–H groups in total. The first-order valence-corrected chi connectivity index (χ1v) is 6.58. The number of hydrogen-bond donors (Lipinski definition) is 2. The van der Waals surface area contributed by atoms with Gasteiger partial charge < -0.3 is 10.4 Å². The third-order valence-corrected chi connectivity index (χ3v) is 3.34. The molecule has 98 valence electrons. The van der Waals surface area contributed by atoms with Gasteiger partial charge in [0, 0.05) is 17.2 Å². The van der Waals surface area contributed by atoms with Gasteiger partial charge in [-0.05, 0) is 39.2 Å². The Kier molecular flexibility index (Phi) is 4.65. The maximum atomic E-state index is 12.0. The van der Waals surface area contributed by atoms with Gasteiger partial charge in [-0.3, -0.25) is 4.79 Å². The first kappa shape index (κ1) is 13.7. The van der Waals surface area contributed by atoms with E-state index in [0.717, 1.165) is 11.1 Å². The van der Waals surface area contributed by atoms with E-state index in [0.29, 0.717) is 16.7 Å². The fraction of sp³-hybridized carbons (Fsp3) is 0.143. The number of aromatic nitrogens is 1. The van der Waals surface area contributed by atoms with Gasteiger partial charge in [-0.15, -0.1) is 0 Å². The zero-order chi connectivity index (χ0) is 13.7. The summed E-state index contributed by atoms with van der Waals surface area (Å²) in [5.41, 5.74) is 2.05. The molecule has 0 saturated heterocycles. The molecule has 5 heteroatoms. The third kappa shape index (κ3) is 3.39. The van der Waals surface area contributed by atoms with E-state index < -0.39 is 0 Å². The number of pyridine rings is 1. The van der Waals surface area contributed by atoms with Crippen LogP contribution in [0.3, 0.4) is 0 Å². The summed E-state index contributed by atoms with van der Waals surface area (Å²) in [4.78, 5) is 16.0. The van der Waals surface area contributed by atoms with Crippen LogP contribution in [0, 0.1) is 0 Å². The van der Waals surface area contributed by atoms with Crippen LogP contribution < -0.4 is 5.32 Å². The lowest BCUT2D eigenvalue weighted by atomic mass is 10.1. The second kappa shape index (κ2) is 6.45. The predicted octanol–water partition coefficient (Wildman–Crippen LogP) is 2.27. The van der Waals surface area contributed by atoms with Gasteiger partial charge in [0.05, 0.1) is 6.61 Å². The van der Waals surface area contributed by atoms with Crippen LogP contribution in [0.1, 0.15) is 21.6 Å². The molecule has 0 bridgehead atoms. The summed E-state index contributed by atoms with van der Waals surface area (Å²) in [6, 6.07) is 11.0. The number of carbonyl (C=O) groups excluding carboxylic acids is 1. The van der Waals surface area contributed by atoms with Gasteiger partial charge in [0.15, 0.2) is 0 Å². The number of nitrogens with zero attached hydrogens (tertiary/aromatic N) is 1. The molecule has 0 fully saturated rings. The summed E-state index contributed by atoms with van der Waals surface area (Å²) in [7, 11) is 0. The van der Waals surface area contributed by atoms with Gasteiger partial charge in [-0.1, -0.05) is 24.3 Å². The fourth-order valence-electron chi connectivity index (χ4n) is 1.70. The van der Waals surface area contributed by atoms with Crippen LogP contribution in [-0.4, -0.2) is 16.0 Å². The second-order valence-corrected chi connectivity index (χ2v) is 4.80. The van der Waals surface area contributed by atoms with Crippen molar-refractivity contribution in [2.75, 3.05) is 0 Å². The van der Waals surface area contributed by atoms with Crippen LogP contribution in [0.25, 0.3) is 0 Å². The summed E-state index contributed by atoms with van der Waals surface area (Å²) in [5.74, 6) is -0.250. The monoisotopic (exact) mass is 320 g/mol. The maximum Gasteiger partial charge on any atom is 0.271 e.